The van der Waals surface area contributed by atoms with Crippen LogP contribution < -0.4 is 4.74 Å². The maximum absolute atomic E-state index is 11.6. The molecule has 2 atom stereocenters. The van der Waals surface area contributed by atoms with Crippen molar-refractivity contribution in [1.82, 2.24) is 0 Å². The summed E-state index contributed by atoms with van der Waals surface area (Å²) in [5.41, 5.74) is 6.69. The predicted octanol–water partition coefficient (Wildman–Crippen LogP) is 4.76. The van der Waals surface area contributed by atoms with Crippen LogP contribution in [0, 0.1) is 5.41 Å². The van der Waals surface area contributed by atoms with Crippen LogP contribution in [-0.4, -0.2) is 18.0 Å². The number of hydrogen-bond donors (Lipinski definition) is 0. The molecule has 1 aromatic carbocycles. The highest BCUT2D eigenvalue weighted by Gasteiger charge is 2.46. The quantitative estimate of drug-likeness (QED) is 0.559. The number of aryl methyl sites for hydroxylation is 1. The Labute approximate surface area is 160 Å². The van der Waals surface area contributed by atoms with E-state index in [9.17, 15) is 9.59 Å². The average Bonchev–Trinajstić information content (AvgIpc) is 2.61. The molecule has 0 bridgehead atoms. The zero-order valence-electron chi connectivity index (χ0n) is 16.3. The van der Waals surface area contributed by atoms with Gasteiger partial charge in [-0.05, 0) is 78.5 Å². The van der Waals surface area contributed by atoms with Gasteiger partial charge in [0.15, 0.2) is 0 Å². The number of esters is 2. The molecule has 0 spiro atoms. The van der Waals surface area contributed by atoms with E-state index in [0.29, 0.717) is 5.75 Å². The second-order valence-electron chi connectivity index (χ2n) is 8.08. The van der Waals surface area contributed by atoms with Crippen LogP contribution in [0.15, 0.2) is 35.4 Å². The number of hydrogen-bond acceptors (Lipinski definition) is 4. The zero-order valence-corrected chi connectivity index (χ0v) is 16.3. The number of allylic oxidation sites excluding steroid dienone is 3. The standard InChI is InChI=1S/C23H26O4/c1-14(24)26-17-8-10-18-16(13-17)7-9-20-19(18)11-12-23(3)21(20)5-4-6-22(23)27-15(2)25/h5,8,10,13,22H,4,6-7,9,11-12H2,1-3H3. The summed E-state index contributed by atoms with van der Waals surface area (Å²) in [7, 11) is 0. The molecule has 1 aromatic rings. The predicted molar refractivity (Wildman–Crippen MR) is 103 cm³/mol. The molecular formula is C23H26O4. The molecule has 142 valence electrons. The van der Waals surface area contributed by atoms with E-state index in [1.54, 1.807) is 0 Å². The van der Waals surface area contributed by atoms with Gasteiger partial charge in [0.25, 0.3) is 0 Å². The lowest BCUT2D eigenvalue weighted by Crippen LogP contribution is -2.42. The third-order valence-corrected chi connectivity index (χ3v) is 6.30. The Morgan fingerprint density at radius 1 is 1.07 bits per heavy atom. The number of carbonyl (C=O) groups is 2. The Morgan fingerprint density at radius 2 is 1.89 bits per heavy atom. The van der Waals surface area contributed by atoms with Crippen molar-refractivity contribution < 1.29 is 19.1 Å². The van der Waals surface area contributed by atoms with E-state index in [1.165, 1.54) is 41.7 Å². The van der Waals surface area contributed by atoms with Crippen LogP contribution in [0.4, 0.5) is 0 Å². The molecule has 0 saturated carbocycles. The Bertz CT molecular complexity index is 876. The molecule has 0 N–H and O–H groups in total. The number of fused-ring (bicyclic) bond motifs is 4. The number of ether oxygens (including phenoxy) is 2. The first-order valence-electron chi connectivity index (χ1n) is 9.80. The summed E-state index contributed by atoms with van der Waals surface area (Å²) < 4.78 is 11.0. The first-order chi connectivity index (χ1) is 12.9. The highest BCUT2D eigenvalue weighted by atomic mass is 16.5. The molecule has 4 nitrogen and oxygen atoms in total. The maximum atomic E-state index is 11.6. The minimum Gasteiger partial charge on any atom is -0.462 e. The third-order valence-electron chi connectivity index (χ3n) is 6.30. The van der Waals surface area contributed by atoms with Crippen LogP contribution in [-0.2, 0) is 20.7 Å². The van der Waals surface area contributed by atoms with Crippen molar-refractivity contribution in [2.75, 3.05) is 0 Å². The van der Waals surface area contributed by atoms with Crippen molar-refractivity contribution in [2.24, 2.45) is 5.41 Å². The van der Waals surface area contributed by atoms with Crippen molar-refractivity contribution in [3.05, 3.63) is 46.5 Å². The molecule has 27 heavy (non-hydrogen) atoms. The van der Waals surface area contributed by atoms with Gasteiger partial charge in [-0.1, -0.05) is 19.1 Å². The highest BCUT2D eigenvalue weighted by molar-refractivity contribution is 5.79. The molecule has 2 unspecified atom stereocenters. The number of rotatable bonds is 2. The van der Waals surface area contributed by atoms with E-state index < -0.39 is 0 Å². The molecule has 0 aliphatic heterocycles. The molecule has 0 saturated heterocycles. The zero-order chi connectivity index (χ0) is 19.2. The molecule has 4 heteroatoms. The largest absolute Gasteiger partial charge is 0.462 e. The third kappa shape index (κ3) is 3.11. The second-order valence-corrected chi connectivity index (χ2v) is 8.08. The summed E-state index contributed by atoms with van der Waals surface area (Å²) in [4.78, 5) is 22.8. The summed E-state index contributed by atoms with van der Waals surface area (Å²) in [6, 6.07) is 5.99. The van der Waals surface area contributed by atoms with Crippen molar-refractivity contribution in [3.63, 3.8) is 0 Å². The molecule has 0 heterocycles. The Kier molecular flexibility index (Phi) is 4.45. The van der Waals surface area contributed by atoms with E-state index in [2.05, 4.69) is 19.1 Å². The first kappa shape index (κ1) is 18.0. The minimum atomic E-state index is -0.289. The molecule has 3 aliphatic rings. The SMILES string of the molecule is CC(=O)Oc1ccc2c(c1)CCC1=C2CCC2(C)C1=CCCC2OC(C)=O. The first-order valence-corrected chi connectivity index (χ1v) is 9.80. The van der Waals surface area contributed by atoms with Crippen LogP contribution in [0.2, 0.25) is 0 Å². The van der Waals surface area contributed by atoms with Crippen LogP contribution in [0.1, 0.15) is 64.0 Å². The summed E-state index contributed by atoms with van der Waals surface area (Å²) in [6.45, 7) is 5.19. The van der Waals surface area contributed by atoms with Crippen LogP contribution >= 0.6 is 0 Å². The molecule has 0 fully saturated rings. The van der Waals surface area contributed by atoms with Gasteiger partial charge in [0.2, 0.25) is 0 Å². The summed E-state index contributed by atoms with van der Waals surface area (Å²) in [5.74, 6) is 0.148. The Hall–Kier alpha value is -2.36. The fraction of sp³-hybridized carbons (Fsp3) is 0.478. The Morgan fingerprint density at radius 3 is 2.63 bits per heavy atom. The van der Waals surface area contributed by atoms with Gasteiger partial charge in [0.1, 0.15) is 11.9 Å². The van der Waals surface area contributed by atoms with Gasteiger partial charge in [-0.2, -0.15) is 0 Å². The summed E-state index contributed by atoms with van der Waals surface area (Å²) >= 11 is 0. The normalized spacial score (nSPS) is 26.3. The fourth-order valence-corrected chi connectivity index (χ4v) is 5.10. The van der Waals surface area contributed by atoms with E-state index in [0.717, 1.165) is 38.5 Å². The molecule has 0 amide bonds. The highest BCUT2D eigenvalue weighted by Crippen LogP contribution is 2.55. The van der Waals surface area contributed by atoms with E-state index in [-0.39, 0.29) is 23.5 Å². The molecule has 3 aliphatic carbocycles. The molecular weight excluding hydrogens is 340 g/mol. The molecule has 0 aromatic heterocycles. The van der Waals surface area contributed by atoms with Crippen molar-refractivity contribution in [2.45, 2.75) is 65.4 Å². The molecule has 4 rings (SSSR count). The van der Waals surface area contributed by atoms with Crippen molar-refractivity contribution >= 4 is 17.5 Å². The van der Waals surface area contributed by atoms with Crippen molar-refractivity contribution in [3.8, 4) is 5.75 Å². The van der Waals surface area contributed by atoms with Gasteiger partial charge < -0.3 is 9.47 Å². The fourth-order valence-electron chi connectivity index (χ4n) is 5.10. The van der Waals surface area contributed by atoms with Gasteiger partial charge in [-0.15, -0.1) is 0 Å². The lowest BCUT2D eigenvalue weighted by molar-refractivity contribution is -0.152. The van der Waals surface area contributed by atoms with Crippen molar-refractivity contribution in [1.29, 1.82) is 0 Å². The van der Waals surface area contributed by atoms with E-state index in [1.807, 2.05) is 12.1 Å². The van der Waals surface area contributed by atoms with Crippen LogP contribution in [0.5, 0.6) is 5.75 Å². The minimum absolute atomic E-state index is 0.0308. The van der Waals surface area contributed by atoms with E-state index in [4.69, 9.17) is 9.47 Å². The summed E-state index contributed by atoms with van der Waals surface area (Å²) in [6.07, 6.45) is 8.10. The van der Waals surface area contributed by atoms with Gasteiger partial charge in [0.05, 0.1) is 0 Å². The molecule has 0 radical (unpaired) electrons. The summed E-state index contributed by atoms with van der Waals surface area (Å²) in [5, 5.41) is 0. The monoisotopic (exact) mass is 366 g/mol. The maximum Gasteiger partial charge on any atom is 0.308 e. The second kappa shape index (κ2) is 6.66. The number of benzene rings is 1. The van der Waals surface area contributed by atoms with Gasteiger partial charge in [-0.3, -0.25) is 9.59 Å². The average molecular weight is 366 g/mol. The van der Waals surface area contributed by atoms with Crippen LogP contribution in [0.3, 0.4) is 0 Å². The topological polar surface area (TPSA) is 52.6 Å². The van der Waals surface area contributed by atoms with E-state index >= 15 is 0 Å². The Balaban J connectivity index is 1.71. The van der Waals surface area contributed by atoms with Gasteiger partial charge in [0, 0.05) is 19.3 Å². The van der Waals surface area contributed by atoms with Gasteiger partial charge >= 0.3 is 11.9 Å². The van der Waals surface area contributed by atoms with Crippen LogP contribution in [0.25, 0.3) is 5.57 Å². The number of carbonyl (C=O) groups excluding carboxylic acids is 2. The van der Waals surface area contributed by atoms with Gasteiger partial charge in [-0.25, -0.2) is 0 Å². The lowest BCUT2D eigenvalue weighted by Gasteiger charge is -2.47. The smallest absolute Gasteiger partial charge is 0.308 e. The lowest BCUT2D eigenvalue weighted by atomic mass is 9.60.